The average Bonchev–Trinajstić information content (AvgIpc) is 2.30. The molecule has 2 aliphatic rings. The van der Waals surface area contributed by atoms with E-state index in [-0.39, 0.29) is 12.1 Å². The van der Waals surface area contributed by atoms with E-state index in [0.717, 1.165) is 25.4 Å². The summed E-state index contributed by atoms with van der Waals surface area (Å²) >= 11 is 2.06. The minimum Gasteiger partial charge on any atom is -0.394 e. The molecule has 1 unspecified atom stereocenters. The minimum atomic E-state index is -0.331. The summed E-state index contributed by atoms with van der Waals surface area (Å²) in [4.78, 5) is 2.51. The van der Waals surface area contributed by atoms with Gasteiger partial charge in [-0.15, -0.1) is 0 Å². The van der Waals surface area contributed by atoms with Gasteiger partial charge in [0.15, 0.2) is 0 Å². The predicted octanol–water partition coefficient (Wildman–Crippen LogP) is 0.668. The third-order valence-electron chi connectivity index (χ3n) is 3.66. The number of piperidine rings is 1. The van der Waals surface area contributed by atoms with E-state index in [4.69, 9.17) is 5.73 Å². The van der Waals surface area contributed by atoms with Gasteiger partial charge in [0.05, 0.1) is 12.1 Å². The molecule has 0 aromatic carbocycles. The molecule has 4 heteroatoms. The highest BCUT2D eigenvalue weighted by molar-refractivity contribution is 7.99. The Kier molecular flexibility index (Phi) is 3.93. The number of nitrogens with zero attached hydrogens (tertiary/aromatic N) is 1. The van der Waals surface area contributed by atoms with E-state index in [1.165, 1.54) is 30.9 Å². The van der Waals surface area contributed by atoms with Gasteiger partial charge in [0.1, 0.15) is 0 Å². The van der Waals surface area contributed by atoms with Gasteiger partial charge in [-0.1, -0.05) is 0 Å². The summed E-state index contributed by atoms with van der Waals surface area (Å²) in [5.74, 6) is 2.58. The number of likely N-dealkylation sites (tertiary alicyclic amines) is 1. The molecule has 15 heavy (non-hydrogen) atoms. The van der Waals surface area contributed by atoms with Gasteiger partial charge in [0.25, 0.3) is 0 Å². The standard InChI is InChI=1S/C11H22N2OS/c12-11(9-14)4-1-5-13(8-11)10-2-6-15-7-3-10/h10,14H,1-9,12H2. The van der Waals surface area contributed by atoms with Gasteiger partial charge in [-0.25, -0.2) is 0 Å². The summed E-state index contributed by atoms with van der Waals surface area (Å²) in [6.07, 6.45) is 4.71. The van der Waals surface area contributed by atoms with E-state index in [1.807, 2.05) is 0 Å². The third kappa shape index (κ3) is 2.87. The number of nitrogens with two attached hydrogens (primary N) is 1. The molecule has 0 bridgehead atoms. The molecule has 2 aliphatic heterocycles. The van der Waals surface area contributed by atoms with Crippen molar-refractivity contribution in [2.75, 3.05) is 31.2 Å². The molecule has 2 rings (SSSR count). The second-order valence-electron chi connectivity index (χ2n) is 4.94. The van der Waals surface area contributed by atoms with E-state index < -0.39 is 0 Å². The molecule has 88 valence electrons. The van der Waals surface area contributed by atoms with Crippen LogP contribution in [0.4, 0.5) is 0 Å². The molecule has 0 aliphatic carbocycles. The number of hydrogen-bond donors (Lipinski definition) is 2. The molecule has 2 fully saturated rings. The van der Waals surface area contributed by atoms with Gasteiger partial charge in [0, 0.05) is 12.6 Å². The van der Waals surface area contributed by atoms with Crippen LogP contribution >= 0.6 is 11.8 Å². The Bertz CT molecular complexity index is 209. The first-order valence-corrected chi connectivity index (χ1v) is 7.10. The second-order valence-corrected chi connectivity index (χ2v) is 6.16. The Morgan fingerprint density at radius 2 is 2.13 bits per heavy atom. The van der Waals surface area contributed by atoms with Crippen LogP contribution in [0, 0.1) is 0 Å². The lowest BCUT2D eigenvalue weighted by molar-refractivity contribution is 0.0638. The zero-order valence-corrected chi connectivity index (χ0v) is 10.1. The van der Waals surface area contributed by atoms with Gasteiger partial charge in [-0.3, -0.25) is 4.90 Å². The minimum absolute atomic E-state index is 0.130. The maximum atomic E-state index is 9.31. The van der Waals surface area contributed by atoms with Crippen LogP contribution < -0.4 is 5.73 Å². The highest BCUT2D eigenvalue weighted by atomic mass is 32.2. The van der Waals surface area contributed by atoms with Crippen molar-refractivity contribution in [3.8, 4) is 0 Å². The first-order valence-electron chi connectivity index (χ1n) is 5.95. The Balaban J connectivity index is 1.91. The van der Waals surface area contributed by atoms with Crippen LogP contribution in [0.3, 0.4) is 0 Å². The quantitative estimate of drug-likeness (QED) is 0.732. The van der Waals surface area contributed by atoms with Gasteiger partial charge in [-0.05, 0) is 43.7 Å². The van der Waals surface area contributed by atoms with Crippen molar-refractivity contribution >= 4 is 11.8 Å². The maximum Gasteiger partial charge on any atom is 0.0623 e. The summed E-state index contributed by atoms with van der Waals surface area (Å²) in [5.41, 5.74) is 5.83. The van der Waals surface area contributed by atoms with Gasteiger partial charge in [-0.2, -0.15) is 11.8 Å². The van der Waals surface area contributed by atoms with Crippen LogP contribution in [0.25, 0.3) is 0 Å². The first kappa shape index (κ1) is 11.7. The van der Waals surface area contributed by atoms with Crippen LogP contribution in [0.5, 0.6) is 0 Å². The molecule has 0 radical (unpaired) electrons. The second kappa shape index (κ2) is 5.04. The zero-order valence-electron chi connectivity index (χ0n) is 9.32. The Labute approximate surface area is 96.4 Å². The van der Waals surface area contributed by atoms with Crippen molar-refractivity contribution in [2.24, 2.45) is 5.73 Å². The average molecular weight is 230 g/mol. The number of thioether (sulfide) groups is 1. The SMILES string of the molecule is NC1(CO)CCCN(C2CCSCC2)C1. The first-order chi connectivity index (χ1) is 7.23. The summed E-state index contributed by atoms with van der Waals surface area (Å²) in [6.45, 7) is 2.19. The van der Waals surface area contributed by atoms with Crippen molar-refractivity contribution in [1.82, 2.24) is 4.90 Å². The molecule has 0 spiro atoms. The predicted molar refractivity (Wildman–Crippen MR) is 65.2 cm³/mol. The Hall–Kier alpha value is 0.230. The molecule has 0 saturated carbocycles. The van der Waals surface area contributed by atoms with E-state index in [2.05, 4.69) is 16.7 Å². The molecule has 3 nitrogen and oxygen atoms in total. The van der Waals surface area contributed by atoms with Crippen molar-refractivity contribution in [3.05, 3.63) is 0 Å². The van der Waals surface area contributed by atoms with Gasteiger partial charge >= 0.3 is 0 Å². The van der Waals surface area contributed by atoms with E-state index >= 15 is 0 Å². The van der Waals surface area contributed by atoms with Crippen molar-refractivity contribution in [3.63, 3.8) is 0 Å². The molecule has 0 amide bonds. The molecule has 2 heterocycles. The normalized spacial score (nSPS) is 35.6. The third-order valence-corrected chi connectivity index (χ3v) is 4.71. The van der Waals surface area contributed by atoms with Crippen LogP contribution in [-0.2, 0) is 0 Å². The fraction of sp³-hybridized carbons (Fsp3) is 1.00. The highest BCUT2D eigenvalue weighted by Gasteiger charge is 2.34. The fourth-order valence-corrected chi connectivity index (χ4v) is 3.77. The van der Waals surface area contributed by atoms with Crippen LogP contribution in [0.2, 0.25) is 0 Å². The Morgan fingerprint density at radius 3 is 2.80 bits per heavy atom. The summed E-state index contributed by atoms with van der Waals surface area (Å²) in [5, 5.41) is 9.31. The molecule has 0 aromatic rings. The summed E-state index contributed by atoms with van der Waals surface area (Å²) < 4.78 is 0. The monoisotopic (exact) mass is 230 g/mol. The highest BCUT2D eigenvalue weighted by Crippen LogP contribution is 2.27. The lowest BCUT2D eigenvalue weighted by atomic mass is 9.89. The van der Waals surface area contributed by atoms with E-state index in [0.29, 0.717) is 0 Å². The lowest BCUT2D eigenvalue weighted by Gasteiger charge is -2.44. The lowest BCUT2D eigenvalue weighted by Crippen LogP contribution is -2.59. The van der Waals surface area contributed by atoms with Gasteiger partial charge in [0.2, 0.25) is 0 Å². The largest absolute Gasteiger partial charge is 0.394 e. The Morgan fingerprint density at radius 1 is 1.40 bits per heavy atom. The zero-order chi connectivity index (χ0) is 10.7. The maximum absolute atomic E-state index is 9.31. The number of aliphatic hydroxyl groups excluding tert-OH is 1. The fourth-order valence-electron chi connectivity index (χ4n) is 2.69. The molecule has 0 aromatic heterocycles. The van der Waals surface area contributed by atoms with Crippen LogP contribution in [-0.4, -0.2) is 52.8 Å². The van der Waals surface area contributed by atoms with Crippen molar-refractivity contribution < 1.29 is 5.11 Å². The number of hydrogen-bond acceptors (Lipinski definition) is 4. The molecular weight excluding hydrogens is 208 g/mol. The van der Waals surface area contributed by atoms with E-state index in [9.17, 15) is 5.11 Å². The van der Waals surface area contributed by atoms with Crippen molar-refractivity contribution in [1.29, 1.82) is 0 Å². The van der Waals surface area contributed by atoms with Crippen LogP contribution in [0.1, 0.15) is 25.7 Å². The topological polar surface area (TPSA) is 49.5 Å². The number of rotatable bonds is 2. The molecule has 1 atom stereocenters. The molecule has 3 N–H and O–H groups in total. The van der Waals surface area contributed by atoms with E-state index in [1.54, 1.807) is 0 Å². The smallest absolute Gasteiger partial charge is 0.0623 e. The summed E-state index contributed by atoms with van der Waals surface area (Å²) in [6, 6.07) is 0.723. The molecule has 2 saturated heterocycles. The van der Waals surface area contributed by atoms with Crippen molar-refractivity contribution in [2.45, 2.75) is 37.3 Å². The molecular formula is C11H22N2OS. The van der Waals surface area contributed by atoms with Gasteiger partial charge < -0.3 is 10.8 Å². The number of aliphatic hydroxyl groups is 1. The summed E-state index contributed by atoms with van der Waals surface area (Å²) in [7, 11) is 0. The van der Waals surface area contributed by atoms with Crippen LogP contribution in [0.15, 0.2) is 0 Å².